The molecule has 0 saturated carbocycles. The van der Waals surface area contributed by atoms with E-state index in [4.69, 9.17) is 28.4 Å². The van der Waals surface area contributed by atoms with Gasteiger partial charge in [-0.15, -0.1) is 0 Å². The average molecular weight is 1440 g/mol. The lowest BCUT2D eigenvalue weighted by Gasteiger charge is -2.48. The van der Waals surface area contributed by atoms with Crippen LogP contribution >= 0.6 is 0 Å². The van der Waals surface area contributed by atoms with Gasteiger partial charge in [-0.3, -0.25) is 4.79 Å². The molecular weight excluding hydrogens is 1290 g/mol. The van der Waals surface area contributed by atoms with Crippen LogP contribution in [-0.2, 0) is 33.2 Å². The van der Waals surface area contributed by atoms with E-state index in [0.29, 0.717) is 12.8 Å². The minimum absolute atomic E-state index is 0.236. The second-order valence-corrected chi connectivity index (χ2v) is 29.9. The highest BCUT2D eigenvalue weighted by Crippen LogP contribution is 2.33. The van der Waals surface area contributed by atoms with Crippen LogP contribution < -0.4 is 5.32 Å². The zero-order valence-electron chi connectivity index (χ0n) is 63.7. The summed E-state index contributed by atoms with van der Waals surface area (Å²) < 4.78 is 34.5. The first kappa shape index (κ1) is 93.2. The molecule has 12 N–H and O–H groups in total. The van der Waals surface area contributed by atoms with Crippen LogP contribution in [-0.4, -0.2) is 193 Å². The summed E-state index contributed by atoms with van der Waals surface area (Å²) in [4.78, 5) is 13.5. The lowest BCUT2D eigenvalue weighted by molar-refractivity contribution is -0.379. The maximum atomic E-state index is 13.5. The van der Waals surface area contributed by atoms with Crippen molar-refractivity contribution in [3.05, 3.63) is 36.5 Å². The van der Waals surface area contributed by atoms with Crippen molar-refractivity contribution in [3.8, 4) is 0 Å². The van der Waals surface area contributed by atoms with E-state index in [1.54, 1.807) is 6.08 Å². The van der Waals surface area contributed by atoms with Gasteiger partial charge in [-0.2, -0.15) is 0 Å². The van der Waals surface area contributed by atoms with Crippen LogP contribution in [0, 0.1) is 0 Å². The number of rotatable bonds is 67. The van der Waals surface area contributed by atoms with Gasteiger partial charge in [0.05, 0.1) is 38.6 Å². The third-order valence-corrected chi connectivity index (χ3v) is 20.9. The lowest BCUT2D eigenvalue weighted by atomic mass is 9.96. The van der Waals surface area contributed by atoms with Crippen LogP contribution in [0.25, 0.3) is 0 Å². The van der Waals surface area contributed by atoms with E-state index in [-0.39, 0.29) is 18.9 Å². The standard InChI is InChI=1S/C82H153NO18/c1-3-5-7-9-11-13-15-17-19-21-23-25-27-29-31-33-35-37-39-41-43-45-47-49-51-53-55-57-59-66(87)65(83-70(88)60-58-56-54-52-50-48-46-44-42-40-38-36-34-32-30-28-26-24-22-20-18-16-14-12-10-8-6-4-2)64-96-80-76(94)73(91)78(68(62-85)98-80)101-82-77(95)74(92)79(69(63-86)99-82)100-81-75(93)72(90)71(89)67(61-84)97-81/h41,43,49,51,57,59,65-69,71-82,84-87,89-95H,3-40,42,44-48,50,52-56,58,60-64H2,1-2H3,(H,83,88)/b43-41+,51-49+,59-57+. The summed E-state index contributed by atoms with van der Waals surface area (Å²) in [5.74, 6) is -0.282. The van der Waals surface area contributed by atoms with E-state index >= 15 is 0 Å². The Morgan fingerprint density at radius 2 is 0.634 bits per heavy atom. The van der Waals surface area contributed by atoms with Gasteiger partial charge < -0.3 is 89.9 Å². The van der Waals surface area contributed by atoms with Crippen molar-refractivity contribution >= 4 is 5.91 Å². The van der Waals surface area contributed by atoms with E-state index in [0.717, 1.165) is 44.9 Å². The smallest absolute Gasteiger partial charge is 0.220 e. The zero-order chi connectivity index (χ0) is 73.2. The van der Waals surface area contributed by atoms with E-state index in [2.05, 4.69) is 43.5 Å². The molecule has 19 heteroatoms. The van der Waals surface area contributed by atoms with Crippen LogP contribution in [0.1, 0.15) is 348 Å². The molecular formula is C82H153NO18. The number of carbonyl (C=O) groups excluding carboxylic acids is 1. The second kappa shape index (κ2) is 63.0. The van der Waals surface area contributed by atoms with Crippen molar-refractivity contribution in [2.45, 2.75) is 452 Å². The molecule has 3 aliphatic heterocycles. The number of unbranched alkanes of at least 4 members (excludes halogenated alkanes) is 47. The number of carbonyl (C=O) groups is 1. The van der Waals surface area contributed by atoms with Crippen LogP contribution in [0.2, 0.25) is 0 Å². The highest BCUT2D eigenvalue weighted by Gasteiger charge is 2.54. The molecule has 3 heterocycles. The van der Waals surface area contributed by atoms with Crippen molar-refractivity contribution in [2.75, 3.05) is 26.4 Å². The Bertz CT molecular complexity index is 1960. The van der Waals surface area contributed by atoms with Gasteiger partial charge in [-0.05, 0) is 44.9 Å². The Labute approximate surface area is 612 Å². The summed E-state index contributed by atoms with van der Waals surface area (Å²) in [7, 11) is 0. The fourth-order valence-electron chi connectivity index (χ4n) is 14.2. The number of hydrogen-bond donors (Lipinski definition) is 12. The molecule has 0 aromatic carbocycles. The third kappa shape index (κ3) is 43.0. The minimum atomic E-state index is -1.98. The molecule has 3 rings (SSSR count). The SMILES string of the molecule is CCCCCCCCCCCCCCCCCCCC/C=C/CC/C=C/CC/C=C/C(O)C(COC1OC(CO)C(OC2OC(CO)C(OC3OC(CO)C(O)C(O)C3O)C(O)C2O)C(O)C1O)NC(=O)CCCCCCCCCCCCCCCCCCCCCCCCCCCCCC. The molecule has 0 radical (unpaired) electrons. The Morgan fingerprint density at radius 3 is 0.990 bits per heavy atom. The second-order valence-electron chi connectivity index (χ2n) is 29.9. The maximum absolute atomic E-state index is 13.5. The molecule has 0 bridgehead atoms. The molecule has 101 heavy (non-hydrogen) atoms. The molecule has 0 aromatic heterocycles. The van der Waals surface area contributed by atoms with Crippen molar-refractivity contribution in [1.29, 1.82) is 0 Å². The van der Waals surface area contributed by atoms with Gasteiger partial charge in [0, 0.05) is 6.42 Å². The molecule has 0 aromatic rings. The highest BCUT2D eigenvalue weighted by atomic mass is 16.8. The van der Waals surface area contributed by atoms with E-state index in [1.165, 1.54) is 270 Å². The third-order valence-electron chi connectivity index (χ3n) is 20.9. The first-order valence-corrected chi connectivity index (χ1v) is 41.7. The van der Waals surface area contributed by atoms with E-state index in [1.807, 2.05) is 6.08 Å². The van der Waals surface area contributed by atoms with Crippen LogP contribution in [0.4, 0.5) is 0 Å². The van der Waals surface area contributed by atoms with Gasteiger partial charge in [0.15, 0.2) is 18.9 Å². The molecule has 17 unspecified atom stereocenters. The molecule has 1 amide bonds. The number of aliphatic hydroxyl groups is 11. The number of hydrogen-bond acceptors (Lipinski definition) is 18. The molecule has 594 valence electrons. The van der Waals surface area contributed by atoms with E-state index < -0.39 is 124 Å². The average Bonchev–Trinajstić information content (AvgIpc) is 0.782. The van der Waals surface area contributed by atoms with Gasteiger partial charge in [0.1, 0.15) is 73.2 Å². The van der Waals surface area contributed by atoms with Gasteiger partial charge in [0.25, 0.3) is 0 Å². The number of amides is 1. The quantitative estimate of drug-likeness (QED) is 0.0199. The van der Waals surface area contributed by atoms with Gasteiger partial charge in [-0.1, -0.05) is 333 Å². The van der Waals surface area contributed by atoms with Crippen molar-refractivity contribution in [1.82, 2.24) is 5.32 Å². The normalized spacial score (nSPS) is 26.4. The molecule has 0 aliphatic carbocycles. The summed E-state index contributed by atoms with van der Waals surface area (Å²) in [6.45, 7) is 1.77. The Balaban J connectivity index is 1.38. The van der Waals surface area contributed by atoms with E-state index in [9.17, 15) is 61.0 Å². The summed E-state index contributed by atoms with van der Waals surface area (Å²) in [5.41, 5.74) is 0. The number of nitrogens with one attached hydrogen (secondary N) is 1. The zero-order valence-corrected chi connectivity index (χ0v) is 63.7. The van der Waals surface area contributed by atoms with Crippen LogP contribution in [0.15, 0.2) is 36.5 Å². The van der Waals surface area contributed by atoms with Gasteiger partial charge in [-0.25, -0.2) is 0 Å². The minimum Gasteiger partial charge on any atom is -0.394 e. The maximum Gasteiger partial charge on any atom is 0.220 e. The van der Waals surface area contributed by atoms with Gasteiger partial charge >= 0.3 is 0 Å². The van der Waals surface area contributed by atoms with Crippen molar-refractivity contribution in [3.63, 3.8) is 0 Å². The summed E-state index contributed by atoms with van der Waals surface area (Å²) in [6, 6.07) is -0.996. The first-order chi connectivity index (χ1) is 49.3. The Morgan fingerprint density at radius 1 is 0.347 bits per heavy atom. The molecule has 19 nitrogen and oxygen atoms in total. The predicted molar refractivity (Wildman–Crippen MR) is 402 cm³/mol. The topological polar surface area (TPSA) is 307 Å². The van der Waals surface area contributed by atoms with Crippen molar-refractivity contribution < 1.29 is 89.4 Å². The monoisotopic (exact) mass is 1440 g/mol. The fourth-order valence-corrected chi connectivity index (χ4v) is 14.2. The van der Waals surface area contributed by atoms with Crippen LogP contribution in [0.3, 0.4) is 0 Å². The predicted octanol–water partition coefficient (Wildman–Crippen LogP) is 14.3. The molecule has 0 spiro atoms. The Hall–Kier alpha value is -1.99. The molecule has 3 fully saturated rings. The lowest BCUT2D eigenvalue weighted by Crippen LogP contribution is -2.66. The fraction of sp³-hybridized carbons (Fsp3) is 0.915. The Kier molecular flexibility index (Phi) is 58.1. The summed E-state index contributed by atoms with van der Waals surface area (Å²) in [6.07, 6.45) is 51.5. The molecule has 17 atom stereocenters. The molecule has 3 saturated heterocycles. The largest absolute Gasteiger partial charge is 0.394 e. The number of aliphatic hydroxyl groups excluding tert-OH is 11. The van der Waals surface area contributed by atoms with Gasteiger partial charge in [0.2, 0.25) is 5.91 Å². The molecule has 3 aliphatic rings. The van der Waals surface area contributed by atoms with Crippen molar-refractivity contribution in [2.24, 2.45) is 0 Å². The van der Waals surface area contributed by atoms with Crippen LogP contribution in [0.5, 0.6) is 0 Å². The number of ether oxygens (including phenoxy) is 6. The highest BCUT2D eigenvalue weighted by molar-refractivity contribution is 5.76. The summed E-state index contributed by atoms with van der Waals surface area (Å²) in [5, 5.41) is 121. The number of allylic oxidation sites excluding steroid dienone is 5. The first-order valence-electron chi connectivity index (χ1n) is 41.7. The summed E-state index contributed by atoms with van der Waals surface area (Å²) >= 11 is 0.